The van der Waals surface area contributed by atoms with E-state index >= 15 is 0 Å². The minimum Gasteiger partial charge on any atom is -0.497 e. The summed E-state index contributed by atoms with van der Waals surface area (Å²) in [6.45, 7) is 0.616. The average Bonchev–Trinajstić information content (AvgIpc) is 3.04. The molecule has 1 aliphatic rings. The monoisotopic (exact) mass is 376 g/mol. The smallest absolute Gasteiger partial charge is 0.227 e. The maximum atomic E-state index is 13.3. The van der Waals surface area contributed by atoms with Crippen LogP contribution in [0.3, 0.4) is 0 Å². The van der Waals surface area contributed by atoms with Crippen molar-refractivity contribution >= 4 is 29.1 Å². The summed E-state index contributed by atoms with van der Waals surface area (Å²) < 4.78 is 18.4. The molecule has 5 nitrogen and oxygen atoms in total. The Morgan fingerprint density at radius 2 is 2.04 bits per heavy atom. The fourth-order valence-corrected chi connectivity index (χ4v) is 3.04. The fourth-order valence-electron chi connectivity index (χ4n) is 2.86. The third kappa shape index (κ3) is 3.96. The van der Waals surface area contributed by atoms with Crippen LogP contribution in [0.15, 0.2) is 42.5 Å². The van der Waals surface area contributed by atoms with E-state index in [-0.39, 0.29) is 29.8 Å². The van der Waals surface area contributed by atoms with Crippen molar-refractivity contribution in [3.05, 3.63) is 58.9 Å². The van der Waals surface area contributed by atoms with Gasteiger partial charge in [0, 0.05) is 25.2 Å². The van der Waals surface area contributed by atoms with E-state index in [2.05, 4.69) is 5.32 Å². The average molecular weight is 377 g/mol. The van der Waals surface area contributed by atoms with Gasteiger partial charge in [-0.2, -0.15) is 0 Å². The van der Waals surface area contributed by atoms with Crippen LogP contribution in [-0.4, -0.2) is 25.5 Å². The molecule has 2 aromatic rings. The summed E-state index contributed by atoms with van der Waals surface area (Å²) in [7, 11) is 1.59. The van der Waals surface area contributed by atoms with Crippen LogP contribution < -0.4 is 15.0 Å². The highest BCUT2D eigenvalue weighted by molar-refractivity contribution is 6.31. The molecule has 2 amide bonds. The number of carbonyl (C=O) groups excluding carboxylic acids is 2. The zero-order valence-corrected chi connectivity index (χ0v) is 14.9. The summed E-state index contributed by atoms with van der Waals surface area (Å²) in [5.41, 5.74) is 1.43. The molecule has 1 atom stereocenters. The second kappa shape index (κ2) is 7.74. The van der Waals surface area contributed by atoms with Crippen LogP contribution >= 0.6 is 11.6 Å². The fraction of sp³-hybridized carbons (Fsp3) is 0.263. The SMILES string of the molecule is COc1ccc(CNC(=O)C2CC(=O)N(c3ccc(F)c(Cl)c3)C2)cc1. The highest BCUT2D eigenvalue weighted by atomic mass is 35.5. The lowest BCUT2D eigenvalue weighted by atomic mass is 10.1. The molecule has 1 aliphatic heterocycles. The number of halogens is 2. The molecule has 0 saturated carbocycles. The molecule has 1 heterocycles. The molecule has 3 rings (SSSR count). The Balaban J connectivity index is 1.60. The second-order valence-electron chi connectivity index (χ2n) is 6.07. The van der Waals surface area contributed by atoms with Crippen LogP contribution in [0.4, 0.5) is 10.1 Å². The highest BCUT2D eigenvalue weighted by Crippen LogP contribution is 2.28. The number of nitrogens with one attached hydrogen (secondary N) is 1. The Bertz CT molecular complexity index is 826. The van der Waals surface area contributed by atoms with E-state index in [1.165, 1.54) is 23.1 Å². The van der Waals surface area contributed by atoms with Gasteiger partial charge in [-0.1, -0.05) is 23.7 Å². The molecular formula is C19H18ClFN2O3. The lowest BCUT2D eigenvalue weighted by Gasteiger charge is -2.17. The van der Waals surface area contributed by atoms with Crippen molar-refractivity contribution in [3.8, 4) is 5.75 Å². The number of nitrogens with zero attached hydrogens (tertiary/aromatic N) is 1. The minimum absolute atomic E-state index is 0.0530. The van der Waals surface area contributed by atoms with Crippen LogP contribution in [0, 0.1) is 11.7 Å². The van der Waals surface area contributed by atoms with Gasteiger partial charge in [-0.3, -0.25) is 9.59 Å². The summed E-state index contributed by atoms with van der Waals surface area (Å²) >= 11 is 5.78. The largest absolute Gasteiger partial charge is 0.497 e. The van der Waals surface area contributed by atoms with Gasteiger partial charge in [0.2, 0.25) is 11.8 Å². The van der Waals surface area contributed by atoms with E-state index in [4.69, 9.17) is 16.3 Å². The van der Waals surface area contributed by atoms with E-state index in [1.54, 1.807) is 7.11 Å². The zero-order chi connectivity index (χ0) is 18.7. The van der Waals surface area contributed by atoms with Crippen molar-refractivity contribution in [2.45, 2.75) is 13.0 Å². The van der Waals surface area contributed by atoms with Gasteiger partial charge in [0.05, 0.1) is 18.1 Å². The van der Waals surface area contributed by atoms with Crippen molar-refractivity contribution in [2.75, 3.05) is 18.6 Å². The van der Waals surface area contributed by atoms with E-state index in [0.717, 1.165) is 11.3 Å². The minimum atomic E-state index is -0.546. The lowest BCUT2D eigenvalue weighted by Crippen LogP contribution is -2.32. The number of hydrogen-bond donors (Lipinski definition) is 1. The van der Waals surface area contributed by atoms with Gasteiger partial charge in [-0.25, -0.2) is 4.39 Å². The van der Waals surface area contributed by atoms with Crippen molar-refractivity contribution < 1.29 is 18.7 Å². The van der Waals surface area contributed by atoms with Gasteiger partial charge in [0.25, 0.3) is 0 Å². The molecule has 1 saturated heterocycles. The molecular weight excluding hydrogens is 359 g/mol. The van der Waals surface area contributed by atoms with E-state index in [0.29, 0.717) is 12.2 Å². The number of rotatable bonds is 5. The maximum Gasteiger partial charge on any atom is 0.227 e. The predicted octanol–water partition coefficient (Wildman–Crippen LogP) is 3.16. The molecule has 1 N–H and O–H groups in total. The Morgan fingerprint density at radius 3 is 2.69 bits per heavy atom. The topological polar surface area (TPSA) is 58.6 Å². The molecule has 0 aliphatic carbocycles. The molecule has 1 fully saturated rings. The number of methoxy groups -OCH3 is 1. The van der Waals surface area contributed by atoms with Gasteiger partial charge < -0.3 is 15.0 Å². The van der Waals surface area contributed by atoms with Gasteiger partial charge >= 0.3 is 0 Å². The maximum absolute atomic E-state index is 13.3. The number of amides is 2. The first-order chi connectivity index (χ1) is 12.5. The molecule has 7 heteroatoms. The highest BCUT2D eigenvalue weighted by Gasteiger charge is 2.35. The number of carbonyl (C=O) groups is 2. The summed E-state index contributed by atoms with van der Waals surface area (Å²) in [6, 6.07) is 11.5. The van der Waals surface area contributed by atoms with E-state index in [9.17, 15) is 14.0 Å². The van der Waals surface area contributed by atoms with Crippen LogP contribution in [0.2, 0.25) is 5.02 Å². The van der Waals surface area contributed by atoms with Crippen molar-refractivity contribution in [2.24, 2.45) is 5.92 Å². The molecule has 2 aromatic carbocycles. The van der Waals surface area contributed by atoms with Crippen LogP contribution in [0.1, 0.15) is 12.0 Å². The summed E-state index contributed by atoms with van der Waals surface area (Å²) in [4.78, 5) is 26.1. The van der Waals surface area contributed by atoms with E-state index in [1.807, 2.05) is 24.3 Å². The van der Waals surface area contributed by atoms with Gasteiger partial charge in [-0.05, 0) is 35.9 Å². The molecule has 26 heavy (non-hydrogen) atoms. The van der Waals surface area contributed by atoms with Gasteiger partial charge in [-0.15, -0.1) is 0 Å². The molecule has 136 valence electrons. The first kappa shape index (κ1) is 18.2. The number of ether oxygens (including phenoxy) is 1. The predicted molar refractivity (Wildman–Crippen MR) is 96.7 cm³/mol. The third-order valence-electron chi connectivity index (χ3n) is 4.34. The molecule has 1 unspecified atom stereocenters. The first-order valence-corrected chi connectivity index (χ1v) is 8.52. The van der Waals surface area contributed by atoms with Crippen molar-refractivity contribution in [1.29, 1.82) is 0 Å². The van der Waals surface area contributed by atoms with Crippen molar-refractivity contribution in [1.82, 2.24) is 5.32 Å². The number of benzene rings is 2. The van der Waals surface area contributed by atoms with Gasteiger partial charge in [0.1, 0.15) is 11.6 Å². The van der Waals surface area contributed by atoms with Crippen LogP contribution in [0.25, 0.3) is 0 Å². The number of anilines is 1. The molecule has 0 radical (unpaired) electrons. The van der Waals surface area contributed by atoms with Gasteiger partial charge in [0.15, 0.2) is 0 Å². The summed E-state index contributed by atoms with van der Waals surface area (Å²) in [5.74, 6) is -0.627. The zero-order valence-electron chi connectivity index (χ0n) is 14.2. The summed E-state index contributed by atoms with van der Waals surface area (Å²) in [6.07, 6.45) is 0.115. The Labute approximate surface area is 155 Å². The van der Waals surface area contributed by atoms with Crippen LogP contribution in [-0.2, 0) is 16.1 Å². The normalized spacial score (nSPS) is 16.7. The Kier molecular flexibility index (Phi) is 5.42. The number of hydrogen-bond acceptors (Lipinski definition) is 3. The summed E-state index contributed by atoms with van der Waals surface area (Å²) in [5, 5.41) is 2.79. The molecule has 0 spiro atoms. The Hall–Kier alpha value is -2.60. The Morgan fingerprint density at radius 1 is 1.31 bits per heavy atom. The molecule has 0 aromatic heterocycles. The lowest BCUT2D eigenvalue weighted by molar-refractivity contribution is -0.126. The first-order valence-electron chi connectivity index (χ1n) is 8.14. The van der Waals surface area contributed by atoms with E-state index < -0.39 is 11.7 Å². The van der Waals surface area contributed by atoms with Crippen LogP contribution in [0.5, 0.6) is 5.75 Å². The standard InChI is InChI=1S/C19H18ClFN2O3/c1-26-15-5-2-12(3-6-15)10-22-19(25)13-8-18(24)23(11-13)14-4-7-17(21)16(20)9-14/h2-7,9,13H,8,10-11H2,1H3,(H,22,25). The third-order valence-corrected chi connectivity index (χ3v) is 4.63. The quantitative estimate of drug-likeness (QED) is 0.872. The second-order valence-corrected chi connectivity index (χ2v) is 6.48. The van der Waals surface area contributed by atoms with Crippen molar-refractivity contribution in [3.63, 3.8) is 0 Å². The molecule has 0 bridgehead atoms.